The summed E-state index contributed by atoms with van der Waals surface area (Å²) in [5.74, 6) is -0.374. The lowest BCUT2D eigenvalue weighted by molar-refractivity contribution is 0.102. The van der Waals surface area contributed by atoms with Gasteiger partial charge >= 0.3 is 0 Å². The Hall–Kier alpha value is -2.62. The average molecular weight is 417 g/mol. The highest BCUT2D eigenvalue weighted by Gasteiger charge is 2.24. The van der Waals surface area contributed by atoms with E-state index in [0.29, 0.717) is 5.56 Å². The van der Waals surface area contributed by atoms with Crippen molar-refractivity contribution >= 4 is 32.4 Å². The van der Waals surface area contributed by atoms with E-state index in [0.717, 1.165) is 28.0 Å². The molecule has 28 heavy (non-hydrogen) atoms. The van der Waals surface area contributed by atoms with Crippen molar-refractivity contribution in [2.24, 2.45) is 0 Å². The lowest BCUT2D eigenvalue weighted by atomic mass is 10.0. The van der Waals surface area contributed by atoms with Gasteiger partial charge in [0.05, 0.1) is 0 Å². The zero-order valence-electron chi connectivity index (χ0n) is 15.6. The number of hydrogen-bond donors (Lipinski definition) is 2. The Bertz CT molecular complexity index is 1090. The molecule has 0 radical (unpaired) electrons. The molecule has 3 aromatic rings. The van der Waals surface area contributed by atoms with E-state index in [4.69, 9.17) is 0 Å². The molecule has 0 bridgehead atoms. The molecule has 146 valence electrons. The second-order valence-corrected chi connectivity index (χ2v) is 9.26. The van der Waals surface area contributed by atoms with Crippen LogP contribution in [0.2, 0.25) is 0 Å². The molecule has 1 heterocycles. The Morgan fingerprint density at radius 1 is 1.04 bits per heavy atom. The lowest BCUT2D eigenvalue weighted by Crippen LogP contribution is -2.27. The number of carbonyl (C=O) groups is 1. The highest BCUT2D eigenvalue weighted by molar-refractivity contribution is 7.91. The lowest BCUT2D eigenvalue weighted by Gasteiger charge is -2.15. The Kier molecular flexibility index (Phi) is 5.87. The highest BCUT2D eigenvalue weighted by Crippen LogP contribution is 2.24. The molecule has 1 atom stereocenters. The van der Waals surface area contributed by atoms with Crippen LogP contribution in [0.1, 0.15) is 40.0 Å². The van der Waals surface area contributed by atoms with Gasteiger partial charge in [0.1, 0.15) is 0 Å². The van der Waals surface area contributed by atoms with E-state index < -0.39 is 16.1 Å². The first-order valence-corrected chi connectivity index (χ1v) is 10.9. The molecular formula is C19H20N4O3S2. The molecule has 2 aromatic carbocycles. The largest absolute Gasteiger partial charge is 0.296 e. The average Bonchev–Trinajstić information content (AvgIpc) is 3.11. The number of rotatable bonds is 6. The van der Waals surface area contributed by atoms with E-state index in [-0.39, 0.29) is 15.4 Å². The molecule has 0 aliphatic rings. The minimum atomic E-state index is -3.87. The zero-order valence-corrected chi connectivity index (χ0v) is 17.3. The Morgan fingerprint density at radius 3 is 2.39 bits per heavy atom. The second-order valence-electron chi connectivity index (χ2n) is 6.39. The number of carbonyl (C=O) groups excluding carboxylic acids is 1. The minimum absolute atomic E-state index is 0.120. The van der Waals surface area contributed by atoms with Gasteiger partial charge in [-0.05, 0) is 44.0 Å². The van der Waals surface area contributed by atoms with Gasteiger partial charge in [-0.2, -0.15) is 0 Å². The maximum absolute atomic E-state index is 12.6. The summed E-state index contributed by atoms with van der Waals surface area (Å²) < 4.78 is 27.6. The molecule has 3 rings (SSSR count). The molecule has 2 N–H and O–H groups in total. The fourth-order valence-electron chi connectivity index (χ4n) is 2.66. The van der Waals surface area contributed by atoms with E-state index in [1.54, 1.807) is 19.1 Å². The Labute approximate surface area is 167 Å². The zero-order chi connectivity index (χ0) is 20.3. The first-order chi connectivity index (χ1) is 13.3. The van der Waals surface area contributed by atoms with E-state index in [1.807, 2.05) is 50.2 Å². The molecule has 0 spiro atoms. The Morgan fingerprint density at radius 2 is 1.71 bits per heavy atom. The third-order valence-electron chi connectivity index (χ3n) is 4.16. The standard InChI is InChI=1S/C19H20N4O3S2/c1-12-8-10-15(11-9-12)17(24)20-18-21-22-19(27-18)28(25,26)23-14(3)16-7-5-4-6-13(16)2/h4-11,14,23H,1-3H3,(H,20,21,24)/t14-/m0/s1. The summed E-state index contributed by atoms with van der Waals surface area (Å²) in [6.45, 7) is 5.61. The molecule has 1 aromatic heterocycles. The summed E-state index contributed by atoms with van der Waals surface area (Å²) in [6.07, 6.45) is 0. The van der Waals surface area contributed by atoms with Crippen molar-refractivity contribution < 1.29 is 13.2 Å². The summed E-state index contributed by atoms with van der Waals surface area (Å²) in [7, 11) is -3.87. The SMILES string of the molecule is Cc1ccc(C(=O)Nc2nnc(S(=O)(=O)N[C@@H](C)c3ccccc3C)s2)cc1. The van der Waals surface area contributed by atoms with Crippen molar-refractivity contribution in [2.75, 3.05) is 5.32 Å². The number of hydrogen-bond acceptors (Lipinski definition) is 6. The number of nitrogens with zero attached hydrogens (tertiary/aromatic N) is 2. The number of aromatic nitrogens is 2. The number of anilines is 1. The third-order valence-corrected chi connectivity index (χ3v) is 6.90. The first kappa shape index (κ1) is 20.1. The van der Waals surface area contributed by atoms with Crippen LogP contribution >= 0.6 is 11.3 Å². The van der Waals surface area contributed by atoms with Crippen LogP contribution in [0.4, 0.5) is 5.13 Å². The number of amides is 1. The molecule has 0 aliphatic heterocycles. The first-order valence-electron chi connectivity index (χ1n) is 8.55. The predicted octanol–water partition coefficient (Wildman–Crippen LogP) is 3.45. The van der Waals surface area contributed by atoms with Gasteiger partial charge in [0.25, 0.3) is 15.9 Å². The maximum Gasteiger partial charge on any atom is 0.270 e. The monoisotopic (exact) mass is 416 g/mol. The molecule has 0 unspecified atom stereocenters. The van der Waals surface area contributed by atoms with Gasteiger partial charge in [0, 0.05) is 11.6 Å². The third kappa shape index (κ3) is 4.61. The van der Waals surface area contributed by atoms with Crippen molar-refractivity contribution in [2.45, 2.75) is 31.2 Å². The fourth-order valence-corrected chi connectivity index (χ4v) is 4.80. The van der Waals surface area contributed by atoms with Crippen LogP contribution in [-0.4, -0.2) is 24.5 Å². The van der Waals surface area contributed by atoms with Crippen LogP contribution in [-0.2, 0) is 10.0 Å². The topological polar surface area (TPSA) is 101 Å². The normalized spacial score (nSPS) is 12.5. The molecule has 7 nitrogen and oxygen atoms in total. The summed E-state index contributed by atoms with van der Waals surface area (Å²) >= 11 is 0.803. The van der Waals surface area contributed by atoms with Gasteiger partial charge in [-0.1, -0.05) is 53.3 Å². The smallest absolute Gasteiger partial charge is 0.270 e. The van der Waals surface area contributed by atoms with Crippen molar-refractivity contribution in [3.63, 3.8) is 0 Å². The number of benzene rings is 2. The minimum Gasteiger partial charge on any atom is -0.296 e. The summed E-state index contributed by atoms with van der Waals surface area (Å²) in [5.41, 5.74) is 3.36. The van der Waals surface area contributed by atoms with Crippen LogP contribution in [0.15, 0.2) is 52.9 Å². The van der Waals surface area contributed by atoms with E-state index in [2.05, 4.69) is 20.2 Å². The van der Waals surface area contributed by atoms with Gasteiger partial charge in [0.2, 0.25) is 9.47 Å². The van der Waals surface area contributed by atoms with Crippen LogP contribution in [0.3, 0.4) is 0 Å². The Balaban J connectivity index is 1.72. The number of nitrogens with one attached hydrogen (secondary N) is 2. The second kappa shape index (κ2) is 8.17. The summed E-state index contributed by atoms with van der Waals surface area (Å²) in [5, 5.41) is 10.2. The molecule has 0 saturated heterocycles. The number of sulfonamides is 1. The fraction of sp³-hybridized carbons (Fsp3) is 0.211. The molecule has 9 heteroatoms. The van der Waals surface area contributed by atoms with Crippen molar-refractivity contribution in [3.05, 3.63) is 70.8 Å². The molecule has 0 fully saturated rings. The molecule has 0 saturated carbocycles. The molecule has 0 aliphatic carbocycles. The quantitative estimate of drug-likeness (QED) is 0.600. The predicted molar refractivity (Wildman–Crippen MR) is 109 cm³/mol. The summed E-state index contributed by atoms with van der Waals surface area (Å²) in [6, 6.07) is 14.1. The van der Waals surface area contributed by atoms with Crippen LogP contribution in [0.25, 0.3) is 0 Å². The van der Waals surface area contributed by atoms with Gasteiger partial charge in [-0.25, -0.2) is 13.1 Å². The highest BCUT2D eigenvalue weighted by atomic mass is 32.2. The van der Waals surface area contributed by atoms with Crippen molar-refractivity contribution in [3.8, 4) is 0 Å². The maximum atomic E-state index is 12.6. The summed E-state index contributed by atoms with van der Waals surface area (Å²) in [4.78, 5) is 12.2. The molecule has 1 amide bonds. The van der Waals surface area contributed by atoms with Crippen molar-refractivity contribution in [1.29, 1.82) is 0 Å². The van der Waals surface area contributed by atoms with E-state index >= 15 is 0 Å². The van der Waals surface area contributed by atoms with E-state index in [1.165, 1.54) is 0 Å². The van der Waals surface area contributed by atoms with Gasteiger partial charge in [-0.15, -0.1) is 10.2 Å². The number of aryl methyl sites for hydroxylation is 2. The van der Waals surface area contributed by atoms with Crippen molar-refractivity contribution in [1.82, 2.24) is 14.9 Å². The molecular weight excluding hydrogens is 396 g/mol. The van der Waals surface area contributed by atoms with Gasteiger partial charge < -0.3 is 0 Å². The van der Waals surface area contributed by atoms with Crippen LogP contribution in [0.5, 0.6) is 0 Å². The van der Waals surface area contributed by atoms with E-state index in [9.17, 15) is 13.2 Å². The van der Waals surface area contributed by atoms with Crippen LogP contribution < -0.4 is 10.0 Å². The van der Waals surface area contributed by atoms with Crippen LogP contribution in [0, 0.1) is 13.8 Å². The van der Waals surface area contributed by atoms with Gasteiger partial charge in [-0.3, -0.25) is 10.1 Å². The van der Waals surface area contributed by atoms with Gasteiger partial charge in [0.15, 0.2) is 0 Å².